The van der Waals surface area contributed by atoms with Crippen molar-refractivity contribution in [1.82, 2.24) is 9.97 Å². The number of nitrogens with zero attached hydrogens (tertiary/aromatic N) is 2. The van der Waals surface area contributed by atoms with E-state index in [-0.39, 0.29) is 6.04 Å². The molecule has 2 rings (SSSR count). The fraction of sp³-hybridized carbons (Fsp3) is 0.667. The zero-order valence-corrected chi connectivity index (χ0v) is 10.6. The molecule has 1 atom stereocenters. The predicted molar refractivity (Wildman–Crippen MR) is 68.4 cm³/mol. The monoisotopic (exact) mass is 237 g/mol. The van der Waals surface area contributed by atoms with Gasteiger partial charge in [0.25, 0.3) is 0 Å². The lowest BCUT2D eigenvalue weighted by Crippen LogP contribution is -2.13. The molecule has 0 radical (unpaired) electrons. The first-order valence-corrected chi connectivity index (χ1v) is 7.14. The Morgan fingerprint density at radius 1 is 1.50 bits per heavy atom. The Kier molecular flexibility index (Phi) is 4.18. The van der Waals surface area contributed by atoms with Crippen LogP contribution in [-0.2, 0) is 12.2 Å². The maximum absolute atomic E-state index is 6.11. The van der Waals surface area contributed by atoms with Gasteiger partial charge in [0.2, 0.25) is 0 Å². The minimum Gasteiger partial charge on any atom is -0.324 e. The van der Waals surface area contributed by atoms with E-state index in [9.17, 15) is 0 Å². The van der Waals surface area contributed by atoms with E-state index in [1.54, 1.807) is 0 Å². The highest BCUT2D eigenvalue weighted by atomic mass is 32.2. The van der Waals surface area contributed by atoms with E-state index in [1.807, 2.05) is 18.0 Å². The molecule has 0 saturated heterocycles. The SMILES string of the molecule is CCSCc1ncc2c(n1)CCCCC2N. The zero-order chi connectivity index (χ0) is 11.4. The summed E-state index contributed by atoms with van der Waals surface area (Å²) in [6, 6.07) is 0.144. The summed E-state index contributed by atoms with van der Waals surface area (Å²) in [5.41, 5.74) is 8.47. The summed E-state index contributed by atoms with van der Waals surface area (Å²) in [6.07, 6.45) is 6.49. The molecule has 4 heteroatoms. The molecule has 1 aliphatic carbocycles. The maximum Gasteiger partial charge on any atom is 0.138 e. The van der Waals surface area contributed by atoms with Crippen LogP contribution in [-0.4, -0.2) is 15.7 Å². The first-order valence-electron chi connectivity index (χ1n) is 5.99. The van der Waals surface area contributed by atoms with Crippen LogP contribution in [0.2, 0.25) is 0 Å². The Morgan fingerprint density at radius 3 is 3.19 bits per heavy atom. The van der Waals surface area contributed by atoms with E-state index in [0.717, 1.165) is 30.2 Å². The van der Waals surface area contributed by atoms with Crippen molar-refractivity contribution in [2.45, 2.75) is 44.4 Å². The summed E-state index contributed by atoms with van der Waals surface area (Å²) in [6.45, 7) is 2.16. The third-order valence-corrected chi connectivity index (χ3v) is 3.83. The second kappa shape index (κ2) is 5.64. The molecule has 0 aliphatic heterocycles. The Morgan fingerprint density at radius 2 is 2.38 bits per heavy atom. The third kappa shape index (κ3) is 2.74. The lowest BCUT2D eigenvalue weighted by molar-refractivity contribution is 0.614. The van der Waals surface area contributed by atoms with Crippen molar-refractivity contribution in [3.8, 4) is 0 Å². The molecule has 0 bridgehead atoms. The summed E-state index contributed by atoms with van der Waals surface area (Å²) in [7, 11) is 0. The summed E-state index contributed by atoms with van der Waals surface area (Å²) in [5.74, 6) is 2.98. The number of thioether (sulfide) groups is 1. The van der Waals surface area contributed by atoms with Gasteiger partial charge in [0, 0.05) is 23.5 Å². The van der Waals surface area contributed by atoms with E-state index < -0.39 is 0 Å². The van der Waals surface area contributed by atoms with Crippen LogP contribution in [0.1, 0.15) is 49.3 Å². The molecular weight excluding hydrogens is 218 g/mol. The highest BCUT2D eigenvalue weighted by Gasteiger charge is 2.17. The van der Waals surface area contributed by atoms with Crippen molar-refractivity contribution in [2.24, 2.45) is 5.73 Å². The topological polar surface area (TPSA) is 51.8 Å². The number of aromatic nitrogens is 2. The van der Waals surface area contributed by atoms with Crippen molar-refractivity contribution in [3.05, 3.63) is 23.3 Å². The predicted octanol–water partition coefficient (Wildman–Crippen LogP) is 2.46. The smallest absolute Gasteiger partial charge is 0.138 e. The molecule has 0 fully saturated rings. The molecule has 0 aromatic carbocycles. The van der Waals surface area contributed by atoms with Gasteiger partial charge in [-0.15, -0.1) is 0 Å². The van der Waals surface area contributed by atoms with Crippen molar-refractivity contribution in [3.63, 3.8) is 0 Å². The Hall–Kier alpha value is -0.610. The summed E-state index contributed by atoms with van der Waals surface area (Å²) in [4.78, 5) is 9.06. The van der Waals surface area contributed by atoms with Gasteiger partial charge in [-0.1, -0.05) is 13.3 Å². The molecule has 88 valence electrons. The molecule has 0 amide bonds. The molecule has 1 heterocycles. The summed E-state index contributed by atoms with van der Waals surface area (Å²) in [5, 5.41) is 0. The number of rotatable bonds is 3. The molecule has 0 saturated carbocycles. The summed E-state index contributed by atoms with van der Waals surface area (Å²) < 4.78 is 0. The fourth-order valence-corrected chi connectivity index (χ4v) is 2.58. The minimum atomic E-state index is 0.144. The van der Waals surface area contributed by atoms with E-state index in [1.165, 1.54) is 24.1 Å². The first kappa shape index (κ1) is 11.9. The normalized spacial score (nSPS) is 20.2. The lowest BCUT2D eigenvalue weighted by atomic mass is 10.1. The highest BCUT2D eigenvalue weighted by Crippen LogP contribution is 2.25. The molecular formula is C12H19N3S. The van der Waals surface area contributed by atoms with E-state index >= 15 is 0 Å². The largest absolute Gasteiger partial charge is 0.324 e. The van der Waals surface area contributed by atoms with Gasteiger partial charge in [0.1, 0.15) is 5.82 Å². The van der Waals surface area contributed by atoms with Gasteiger partial charge < -0.3 is 5.73 Å². The van der Waals surface area contributed by atoms with E-state index in [0.29, 0.717) is 0 Å². The summed E-state index contributed by atoms with van der Waals surface area (Å²) >= 11 is 1.86. The van der Waals surface area contributed by atoms with Crippen molar-refractivity contribution >= 4 is 11.8 Å². The molecule has 1 aliphatic rings. The molecule has 16 heavy (non-hydrogen) atoms. The van der Waals surface area contributed by atoms with Crippen LogP contribution in [0.4, 0.5) is 0 Å². The van der Waals surface area contributed by atoms with E-state index in [4.69, 9.17) is 5.73 Å². The van der Waals surface area contributed by atoms with Gasteiger partial charge in [0.05, 0.1) is 5.75 Å². The van der Waals surface area contributed by atoms with Gasteiger partial charge in [-0.05, 0) is 25.0 Å². The Balaban J connectivity index is 2.19. The van der Waals surface area contributed by atoms with Crippen LogP contribution in [0.5, 0.6) is 0 Å². The van der Waals surface area contributed by atoms with Crippen molar-refractivity contribution < 1.29 is 0 Å². The average Bonchev–Trinajstić information content (AvgIpc) is 2.49. The number of hydrogen-bond acceptors (Lipinski definition) is 4. The van der Waals surface area contributed by atoms with Gasteiger partial charge in [-0.25, -0.2) is 9.97 Å². The first-order chi connectivity index (χ1) is 7.81. The highest BCUT2D eigenvalue weighted by molar-refractivity contribution is 7.98. The Labute approximate surface area is 101 Å². The molecule has 1 aromatic rings. The van der Waals surface area contributed by atoms with Crippen molar-refractivity contribution in [1.29, 1.82) is 0 Å². The average molecular weight is 237 g/mol. The van der Waals surface area contributed by atoms with Crippen LogP contribution in [0, 0.1) is 0 Å². The lowest BCUT2D eigenvalue weighted by Gasteiger charge is -2.11. The second-order valence-corrected chi connectivity index (χ2v) is 5.45. The maximum atomic E-state index is 6.11. The van der Waals surface area contributed by atoms with E-state index in [2.05, 4.69) is 16.9 Å². The second-order valence-electron chi connectivity index (χ2n) is 4.18. The zero-order valence-electron chi connectivity index (χ0n) is 9.78. The number of hydrogen-bond donors (Lipinski definition) is 1. The quantitative estimate of drug-likeness (QED) is 0.820. The molecule has 1 unspecified atom stereocenters. The van der Waals surface area contributed by atoms with Crippen LogP contribution < -0.4 is 5.73 Å². The standard InChI is InChI=1S/C12H19N3S/c1-2-16-8-12-14-7-9-10(13)5-3-4-6-11(9)15-12/h7,10H,2-6,8,13H2,1H3. The fourth-order valence-electron chi connectivity index (χ4n) is 2.05. The van der Waals surface area contributed by atoms with Gasteiger partial charge in [-0.3, -0.25) is 0 Å². The Bertz CT molecular complexity index is 354. The molecule has 0 spiro atoms. The third-order valence-electron chi connectivity index (χ3n) is 2.96. The van der Waals surface area contributed by atoms with Crippen LogP contribution >= 0.6 is 11.8 Å². The van der Waals surface area contributed by atoms with Gasteiger partial charge in [-0.2, -0.15) is 11.8 Å². The number of aryl methyl sites for hydroxylation is 1. The number of nitrogens with two attached hydrogens (primary N) is 1. The van der Waals surface area contributed by atoms with Crippen LogP contribution in [0.25, 0.3) is 0 Å². The number of fused-ring (bicyclic) bond motifs is 1. The molecule has 1 aromatic heterocycles. The van der Waals surface area contributed by atoms with Crippen molar-refractivity contribution in [2.75, 3.05) is 5.75 Å². The molecule has 3 nitrogen and oxygen atoms in total. The minimum absolute atomic E-state index is 0.144. The van der Waals surface area contributed by atoms with Gasteiger partial charge >= 0.3 is 0 Å². The molecule has 2 N–H and O–H groups in total. The van der Waals surface area contributed by atoms with Crippen LogP contribution in [0.3, 0.4) is 0 Å². The van der Waals surface area contributed by atoms with Crippen LogP contribution in [0.15, 0.2) is 6.20 Å². The van der Waals surface area contributed by atoms with Gasteiger partial charge in [0.15, 0.2) is 0 Å².